The topological polar surface area (TPSA) is 68.5 Å². The quantitative estimate of drug-likeness (QED) is 0.846. The standard InChI is InChI=1S/C14H13NO4/c1-19-14(18)11-5-2-4-10(8-11)9-15-7-3-6-12(16)13(15)17/h2-8,16H,9H2,1H3. The Balaban J connectivity index is 2.31. The monoisotopic (exact) mass is 259 g/mol. The summed E-state index contributed by atoms with van der Waals surface area (Å²) in [7, 11) is 1.31. The molecule has 0 atom stereocenters. The van der Waals surface area contributed by atoms with Crippen LogP contribution in [0.5, 0.6) is 5.75 Å². The van der Waals surface area contributed by atoms with Crippen LogP contribution < -0.4 is 5.56 Å². The van der Waals surface area contributed by atoms with Gasteiger partial charge in [0.1, 0.15) is 0 Å². The molecule has 2 aromatic rings. The molecule has 0 fully saturated rings. The van der Waals surface area contributed by atoms with Crippen molar-refractivity contribution in [2.45, 2.75) is 6.54 Å². The zero-order chi connectivity index (χ0) is 13.8. The van der Waals surface area contributed by atoms with Crippen molar-refractivity contribution in [3.8, 4) is 5.75 Å². The molecule has 0 unspecified atom stereocenters. The number of hydrogen-bond donors (Lipinski definition) is 1. The summed E-state index contributed by atoms with van der Waals surface area (Å²) >= 11 is 0. The molecule has 98 valence electrons. The van der Waals surface area contributed by atoms with Gasteiger partial charge in [0.2, 0.25) is 0 Å². The average Bonchev–Trinajstić information content (AvgIpc) is 2.43. The number of nitrogens with zero attached hydrogens (tertiary/aromatic N) is 1. The van der Waals surface area contributed by atoms with E-state index in [1.807, 2.05) is 0 Å². The highest BCUT2D eigenvalue weighted by Crippen LogP contribution is 2.08. The molecule has 1 aromatic heterocycles. The van der Waals surface area contributed by atoms with Crippen LogP contribution in [0.2, 0.25) is 0 Å². The molecule has 2 rings (SSSR count). The number of rotatable bonds is 3. The van der Waals surface area contributed by atoms with Gasteiger partial charge in [0.25, 0.3) is 5.56 Å². The van der Waals surface area contributed by atoms with Gasteiger partial charge in [-0.15, -0.1) is 0 Å². The zero-order valence-corrected chi connectivity index (χ0v) is 10.4. The number of methoxy groups -OCH3 is 1. The normalized spacial score (nSPS) is 10.2. The summed E-state index contributed by atoms with van der Waals surface area (Å²) in [6.07, 6.45) is 1.58. The first-order valence-electron chi connectivity index (χ1n) is 5.67. The van der Waals surface area contributed by atoms with Gasteiger partial charge in [0, 0.05) is 6.20 Å². The largest absolute Gasteiger partial charge is 0.503 e. The lowest BCUT2D eigenvalue weighted by molar-refractivity contribution is 0.0600. The van der Waals surface area contributed by atoms with Crippen LogP contribution in [0, 0.1) is 0 Å². The van der Waals surface area contributed by atoms with Crippen LogP contribution in [-0.2, 0) is 11.3 Å². The van der Waals surface area contributed by atoms with E-state index >= 15 is 0 Å². The molecule has 0 aliphatic carbocycles. The molecule has 0 saturated heterocycles. The Morgan fingerprint density at radius 2 is 2.11 bits per heavy atom. The Kier molecular flexibility index (Phi) is 3.66. The second kappa shape index (κ2) is 5.39. The van der Waals surface area contributed by atoms with Gasteiger partial charge in [0.15, 0.2) is 5.75 Å². The molecule has 5 heteroatoms. The predicted molar refractivity (Wildman–Crippen MR) is 69.3 cm³/mol. The first-order valence-corrected chi connectivity index (χ1v) is 5.67. The number of hydrogen-bond acceptors (Lipinski definition) is 4. The fraction of sp³-hybridized carbons (Fsp3) is 0.143. The Labute approximate surface area is 109 Å². The molecule has 0 bridgehead atoms. The van der Waals surface area contributed by atoms with Gasteiger partial charge in [0.05, 0.1) is 19.2 Å². The average molecular weight is 259 g/mol. The van der Waals surface area contributed by atoms with Crippen LogP contribution in [0.15, 0.2) is 47.4 Å². The van der Waals surface area contributed by atoms with E-state index in [4.69, 9.17) is 0 Å². The Hall–Kier alpha value is -2.56. The van der Waals surface area contributed by atoms with E-state index in [0.717, 1.165) is 5.56 Å². The molecule has 0 aliphatic rings. The van der Waals surface area contributed by atoms with Crippen LogP contribution in [-0.4, -0.2) is 22.8 Å². The maximum atomic E-state index is 11.7. The second-order valence-electron chi connectivity index (χ2n) is 4.02. The van der Waals surface area contributed by atoms with Gasteiger partial charge in [-0.1, -0.05) is 12.1 Å². The van der Waals surface area contributed by atoms with Crippen LogP contribution in [0.1, 0.15) is 15.9 Å². The number of aromatic hydroxyl groups is 1. The highest BCUT2D eigenvalue weighted by atomic mass is 16.5. The van der Waals surface area contributed by atoms with E-state index in [0.29, 0.717) is 5.56 Å². The summed E-state index contributed by atoms with van der Waals surface area (Å²) in [6, 6.07) is 9.73. The number of carbonyl (C=O) groups is 1. The summed E-state index contributed by atoms with van der Waals surface area (Å²) < 4.78 is 6.00. The summed E-state index contributed by atoms with van der Waals surface area (Å²) in [6.45, 7) is 0.276. The van der Waals surface area contributed by atoms with E-state index in [1.165, 1.54) is 17.7 Å². The van der Waals surface area contributed by atoms with Crippen molar-refractivity contribution >= 4 is 5.97 Å². The van der Waals surface area contributed by atoms with Gasteiger partial charge < -0.3 is 14.4 Å². The molecular formula is C14H13NO4. The molecule has 0 saturated carbocycles. The molecular weight excluding hydrogens is 246 g/mol. The first-order chi connectivity index (χ1) is 9.11. The Bertz CT molecular complexity index is 660. The zero-order valence-electron chi connectivity index (χ0n) is 10.4. The number of benzene rings is 1. The number of esters is 1. The van der Waals surface area contributed by atoms with Crippen molar-refractivity contribution in [3.05, 3.63) is 64.1 Å². The summed E-state index contributed by atoms with van der Waals surface area (Å²) in [5, 5.41) is 9.35. The van der Waals surface area contributed by atoms with Crippen molar-refractivity contribution in [2.24, 2.45) is 0 Å². The lowest BCUT2D eigenvalue weighted by atomic mass is 10.1. The van der Waals surface area contributed by atoms with Crippen molar-refractivity contribution < 1.29 is 14.6 Å². The van der Waals surface area contributed by atoms with E-state index in [-0.39, 0.29) is 12.3 Å². The smallest absolute Gasteiger partial charge is 0.337 e. The molecule has 0 amide bonds. The number of carbonyl (C=O) groups excluding carboxylic acids is 1. The lowest BCUT2D eigenvalue weighted by Gasteiger charge is -2.07. The van der Waals surface area contributed by atoms with Gasteiger partial charge in [-0.05, 0) is 29.8 Å². The summed E-state index contributed by atoms with van der Waals surface area (Å²) in [4.78, 5) is 23.1. The number of ether oxygens (including phenoxy) is 1. The molecule has 1 heterocycles. The minimum atomic E-state index is -0.467. The molecule has 5 nitrogen and oxygen atoms in total. The van der Waals surface area contributed by atoms with Crippen molar-refractivity contribution in [1.82, 2.24) is 4.57 Å². The first kappa shape index (κ1) is 12.9. The Morgan fingerprint density at radius 3 is 2.84 bits per heavy atom. The van der Waals surface area contributed by atoms with Crippen LogP contribution in [0.3, 0.4) is 0 Å². The van der Waals surface area contributed by atoms with Crippen molar-refractivity contribution in [1.29, 1.82) is 0 Å². The lowest BCUT2D eigenvalue weighted by Crippen LogP contribution is -2.19. The molecule has 0 spiro atoms. The van der Waals surface area contributed by atoms with Gasteiger partial charge in [-0.3, -0.25) is 4.79 Å². The maximum absolute atomic E-state index is 11.7. The third kappa shape index (κ3) is 2.82. The molecule has 0 aliphatic heterocycles. The summed E-state index contributed by atoms with van der Waals surface area (Å²) in [5.41, 5.74) is 0.731. The predicted octanol–water partition coefficient (Wildman–Crippen LogP) is 1.39. The minimum Gasteiger partial charge on any atom is -0.503 e. The fourth-order valence-corrected chi connectivity index (χ4v) is 1.76. The highest BCUT2D eigenvalue weighted by Gasteiger charge is 2.07. The van der Waals surface area contributed by atoms with Crippen LogP contribution >= 0.6 is 0 Å². The molecule has 0 radical (unpaired) electrons. The van der Waals surface area contributed by atoms with Crippen LogP contribution in [0.25, 0.3) is 0 Å². The second-order valence-corrected chi connectivity index (χ2v) is 4.02. The van der Waals surface area contributed by atoms with Crippen LogP contribution in [0.4, 0.5) is 0 Å². The number of aromatic nitrogens is 1. The molecule has 1 N–H and O–H groups in total. The van der Waals surface area contributed by atoms with E-state index < -0.39 is 11.5 Å². The third-order valence-corrected chi connectivity index (χ3v) is 2.70. The highest BCUT2D eigenvalue weighted by molar-refractivity contribution is 5.89. The third-order valence-electron chi connectivity index (χ3n) is 2.70. The summed E-state index contributed by atoms with van der Waals surface area (Å²) in [5.74, 6) is -0.725. The molecule has 19 heavy (non-hydrogen) atoms. The Morgan fingerprint density at radius 1 is 1.32 bits per heavy atom. The van der Waals surface area contributed by atoms with Gasteiger partial charge in [-0.2, -0.15) is 0 Å². The maximum Gasteiger partial charge on any atom is 0.337 e. The molecule has 1 aromatic carbocycles. The fourth-order valence-electron chi connectivity index (χ4n) is 1.76. The minimum absolute atomic E-state index is 0.276. The van der Waals surface area contributed by atoms with Gasteiger partial charge in [-0.25, -0.2) is 4.79 Å². The van der Waals surface area contributed by atoms with E-state index in [1.54, 1.807) is 36.5 Å². The SMILES string of the molecule is COC(=O)c1cccc(Cn2cccc(O)c2=O)c1. The van der Waals surface area contributed by atoms with E-state index in [2.05, 4.69) is 4.74 Å². The number of pyridine rings is 1. The van der Waals surface area contributed by atoms with Crippen molar-refractivity contribution in [3.63, 3.8) is 0 Å². The van der Waals surface area contributed by atoms with E-state index in [9.17, 15) is 14.7 Å². The van der Waals surface area contributed by atoms with Crippen molar-refractivity contribution in [2.75, 3.05) is 7.11 Å². The van der Waals surface area contributed by atoms with Gasteiger partial charge >= 0.3 is 5.97 Å².